The number of benzene rings is 1. The molecule has 0 aliphatic rings. The second kappa shape index (κ2) is 4.62. The third kappa shape index (κ3) is 2.23. The smallest absolute Gasteiger partial charge is 0.319 e. The van der Waals surface area contributed by atoms with Gasteiger partial charge in [0.25, 0.3) is 0 Å². The van der Waals surface area contributed by atoms with Crippen LogP contribution in [0.15, 0.2) is 24.3 Å². The maximum Gasteiger partial charge on any atom is 0.319 e. The lowest BCUT2D eigenvalue weighted by atomic mass is 10.1. The first-order valence-electron chi connectivity index (χ1n) is 4.38. The van der Waals surface area contributed by atoms with Crippen LogP contribution in [0, 0.1) is 0 Å². The lowest BCUT2D eigenvalue weighted by Gasteiger charge is -2.17. The standard InChI is InChI=1S/C10H14N2O2/c1-12(10(11)14)9-5-3-2-4-8(9)6-7-13/h2-5,13H,6-7H2,1H3,(H2,11,14). The van der Waals surface area contributed by atoms with Gasteiger partial charge >= 0.3 is 6.03 Å². The maximum atomic E-state index is 10.9. The molecule has 0 spiro atoms. The van der Waals surface area contributed by atoms with E-state index in [0.717, 1.165) is 11.3 Å². The Morgan fingerprint density at radius 3 is 2.71 bits per heavy atom. The van der Waals surface area contributed by atoms with E-state index in [1.807, 2.05) is 18.2 Å². The molecule has 14 heavy (non-hydrogen) atoms. The highest BCUT2D eigenvalue weighted by Gasteiger charge is 2.09. The number of aliphatic hydroxyl groups is 1. The first kappa shape index (κ1) is 10.5. The van der Waals surface area contributed by atoms with E-state index in [1.54, 1.807) is 13.1 Å². The van der Waals surface area contributed by atoms with Gasteiger partial charge in [-0.05, 0) is 18.1 Å². The fourth-order valence-corrected chi connectivity index (χ4v) is 1.29. The quantitative estimate of drug-likeness (QED) is 0.745. The molecular formula is C10H14N2O2. The van der Waals surface area contributed by atoms with E-state index in [9.17, 15) is 4.79 Å². The Bertz CT molecular complexity index is 326. The van der Waals surface area contributed by atoms with Gasteiger partial charge in [0.05, 0.1) is 0 Å². The van der Waals surface area contributed by atoms with E-state index in [4.69, 9.17) is 10.8 Å². The number of rotatable bonds is 3. The van der Waals surface area contributed by atoms with Crippen LogP contribution in [-0.2, 0) is 6.42 Å². The van der Waals surface area contributed by atoms with Crippen LogP contribution in [0.4, 0.5) is 10.5 Å². The average molecular weight is 194 g/mol. The molecule has 0 unspecified atom stereocenters. The highest BCUT2D eigenvalue weighted by molar-refractivity contribution is 5.90. The summed E-state index contributed by atoms with van der Waals surface area (Å²) in [5.74, 6) is 0. The second-order valence-corrected chi connectivity index (χ2v) is 3.00. The molecule has 2 amide bonds. The predicted molar refractivity (Wildman–Crippen MR) is 55.2 cm³/mol. The number of primary amides is 1. The highest BCUT2D eigenvalue weighted by Crippen LogP contribution is 2.19. The van der Waals surface area contributed by atoms with Crippen molar-refractivity contribution in [1.29, 1.82) is 0 Å². The third-order valence-electron chi connectivity index (χ3n) is 2.06. The van der Waals surface area contributed by atoms with Crippen molar-refractivity contribution >= 4 is 11.7 Å². The van der Waals surface area contributed by atoms with Gasteiger partial charge in [-0.2, -0.15) is 0 Å². The summed E-state index contributed by atoms with van der Waals surface area (Å²) in [6.07, 6.45) is 0.522. The minimum atomic E-state index is -0.504. The number of aliphatic hydroxyl groups excluding tert-OH is 1. The summed E-state index contributed by atoms with van der Waals surface area (Å²) in [5, 5.41) is 8.83. The molecule has 76 valence electrons. The van der Waals surface area contributed by atoms with Gasteiger partial charge in [0.15, 0.2) is 0 Å². The van der Waals surface area contributed by atoms with Crippen molar-refractivity contribution in [2.75, 3.05) is 18.6 Å². The van der Waals surface area contributed by atoms with Crippen molar-refractivity contribution in [1.82, 2.24) is 0 Å². The molecule has 0 aromatic heterocycles. The SMILES string of the molecule is CN(C(N)=O)c1ccccc1CCO. The van der Waals surface area contributed by atoms with Gasteiger partial charge < -0.3 is 10.8 Å². The summed E-state index contributed by atoms with van der Waals surface area (Å²) in [5.41, 5.74) is 6.82. The number of carbonyl (C=O) groups is 1. The van der Waals surface area contributed by atoms with Crippen molar-refractivity contribution in [3.8, 4) is 0 Å². The molecule has 1 aromatic rings. The number of urea groups is 1. The third-order valence-corrected chi connectivity index (χ3v) is 2.06. The molecule has 0 saturated carbocycles. The van der Waals surface area contributed by atoms with Crippen LogP contribution in [0.5, 0.6) is 0 Å². The largest absolute Gasteiger partial charge is 0.396 e. The van der Waals surface area contributed by atoms with E-state index in [-0.39, 0.29) is 6.61 Å². The fourth-order valence-electron chi connectivity index (χ4n) is 1.29. The first-order chi connectivity index (χ1) is 6.66. The van der Waals surface area contributed by atoms with E-state index in [0.29, 0.717) is 6.42 Å². The number of hydrogen-bond donors (Lipinski definition) is 2. The van der Waals surface area contributed by atoms with Gasteiger partial charge in [-0.1, -0.05) is 18.2 Å². The van der Waals surface area contributed by atoms with E-state index in [2.05, 4.69) is 0 Å². The summed E-state index contributed by atoms with van der Waals surface area (Å²) in [7, 11) is 1.61. The minimum Gasteiger partial charge on any atom is -0.396 e. The first-order valence-corrected chi connectivity index (χ1v) is 4.38. The van der Waals surface area contributed by atoms with Gasteiger partial charge in [0.1, 0.15) is 0 Å². The van der Waals surface area contributed by atoms with Crippen LogP contribution >= 0.6 is 0 Å². The zero-order valence-electron chi connectivity index (χ0n) is 8.10. The van der Waals surface area contributed by atoms with E-state index < -0.39 is 6.03 Å². The summed E-state index contributed by atoms with van der Waals surface area (Å²) < 4.78 is 0. The average Bonchev–Trinajstić information content (AvgIpc) is 2.18. The van der Waals surface area contributed by atoms with Crippen molar-refractivity contribution in [2.24, 2.45) is 5.73 Å². The summed E-state index contributed by atoms with van der Waals surface area (Å²) in [6.45, 7) is 0.0591. The number of hydrogen-bond acceptors (Lipinski definition) is 2. The van der Waals surface area contributed by atoms with Crippen molar-refractivity contribution in [3.63, 3.8) is 0 Å². The molecule has 4 heteroatoms. The molecule has 0 fully saturated rings. The Morgan fingerprint density at radius 1 is 1.50 bits per heavy atom. The number of anilines is 1. The summed E-state index contributed by atoms with van der Waals surface area (Å²) in [6, 6.07) is 6.86. The number of para-hydroxylation sites is 1. The predicted octanol–water partition coefficient (Wildman–Crippen LogP) is 0.736. The van der Waals surface area contributed by atoms with Crippen molar-refractivity contribution in [2.45, 2.75) is 6.42 Å². The number of amides is 2. The summed E-state index contributed by atoms with van der Waals surface area (Å²) >= 11 is 0. The van der Waals surface area contributed by atoms with Crippen LogP contribution in [-0.4, -0.2) is 24.8 Å². The molecule has 0 bridgehead atoms. The molecule has 4 nitrogen and oxygen atoms in total. The lowest BCUT2D eigenvalue weighted by Crippen LogP contribution is -2.32. The molecule has 0 atom stereocenters. The van der Waals surface area contributed by atoms with Crippen LogP contribution in [0.25, 0.3) is 0 Å². The van der Waals surface area contributed by atoms with Gasteiger partial charge in [-0.3, -0.25) is 4.90 Å². The maximum absolute atomic E-state index is 10.9. The van der Waals surface area contributed by atoms with Gasteiger partial charge in [0.2, 0.25) is 0 Å². The molecule has 0 aliphatic heterocycles. The highest BCUT2D eigenvalue weighted by atomic mass is 16.3. The topological polar surface area (TPSA) is 66.6 Å². The van der Waals surface area contributed by atoms with Crippen molar-refractivity contribution in [3.05, 3.63) is 29.8 Å². The normalized spacial score (nSPS) is 9.86. The van der Waals surface area contributed by atoms with Crippen LogP contribution in [0.1, 0.15) is 5.56 Å². The Morgan fingerprint density at radius 2 is 2.14 bits per heavy atom. The van der Waals surface area contributed by atoms with Crippen molar-refractivity contribution < 1.29 is 9.90 Å². The van der Waals surface area contributed by atoms with Crippen LogP contribution < -0.4 is 10.6 Å². The van der Waals surface area contributed by atoms with Gasteiger partial charge in [0, 0.05) is 19.3 Å². The summed E-state index contributed by atoms with van der Waals surface area (Å²) in [4.78, 5) is 12.3. The lowest BCUT2D eigenvalue weighted by molar-refractivity contribution is 0.255. The molecule has 0 heterocycles. The number of nitrogens with zero attached hydrogens (tertiary/aromatic N) is 1. The second-order valence-electron chi connectivity index (χ2n) is 3.00. The van der Waals surface area contributed by atoms with Crippen LogP contribution in [0.3, 0.4) is 0 Å². The Balaban J connectivity index is 3.00. The molecule has 0 saturated heterocycles. The fraction of sp³-hybridized carbons (Fsp3) is 0.300. The zero-order chi connectivity index (χ0) is 10.6. The minimum absolute atomic E-state index is 0.0591. The van der Waals surface area contributed by atoms with Gasteiger partial charge in [-0.15, -0.1) is 0 Å². The zero-order valence-corrected chi connectivity index (χ0v) is 8.10. The van der Waals surface area contributed by atoms with Gasteiger partial charge in [-0.25, -0.2) is 4.79 Å². The Hall–Kier alpha value is -1.55. The molecule has 1 aromatic carbocycles. The van der Waals surface area contributed by atoms with E-state index in [1.165, 1.54) is 4.90 Å². The number of carbonyl (C=O) groups excluding carboxylic acids is 1. The molecular weight excluding hydrogens is 180 g/mol. The molecule has 0 aliphatic carbocycles. The van der Waals surface area contributed by atoms with E-state index >= 15 is 0 Å². The molecule has 3 N–H and O–H groups in total. The Kier molecular flexibility index (Phi) is 3.48. The number of nitrogens with two attached hydrogens (primary N) is 1. The van der Waals surface area contributed by atoms with Crippen LogP contribution in [0.2, 0.25) is 0 Å². The Labute approximate surface area is 82.9 Å². The molecule has 0 radical (unpaired) electrons. The monoisotopic (exact) mass is 194 g/mol. The molecule has 1 rings (SSSR count).